The third-order valence-electron chi connectivity index (χ3n) is 15.1. The Kier molecular flexibility index (Phi) is 10.8. The fourth-order valence-corrected chi connectivity index (χ4v) is 13.4. The van der Waals surface area contributed by atoms with Crippen molar-refractivity contribution in [1.82, 2.24) is 5.48 Å². The molecular weight excluding hydrogens is 735 g/mol. The molecule has 1 amide bonds. The average molecular weight is 792 g/mol. The maximum absolute atomic E-state index is 11.2. The third-order valence-corrected chi connectivity index (χ3v) is 15.1. The monoisotopic (exact) mass is 791 g/mol. The number of carboxylic acid groups (broad SMARTS) is 1. The number of hydrogen-bond donors (Lipinski definition) is 3. The van der Waals surface area contributed by atoms with Crippen molar-refractivity contribution >= 4 is 24.0 Å². The van der Waals surface area contributed by atoms with Crippen LogP contribution in [0.15, 0.2) is 97.1 Å². The van der Waals surface area contributed by atoms with Gasteiger partial charge in [-0.3, -0.25) is 10.0 Å². The zero-order valence-electron chi connectivity index (χ0n) is 34.4. The van der Waals surface area contributed by atoms with Crippen LogP contribution >= 0.6 is 0 Å². The van der Waals surface area contributed by atoms with Crippen molar-refractivity contribution < 1.29 is 29.4 Å². The number of hydrogen-bond acceptors (Lipinski definition) is 5. The van der Waals surface area contributed by atoms with Gasteiger partial charge in [0.15, 0.2) is 0 Å². The smallest absolute Gasteiger partial charge is 0.328 e. The molecule has 4 aromatic carbocycles. The molecule has 0 radical (unpaired) electrons. The Morgan fingerprint density at radius 3 is 1.20 bits per heavy atom. The summed E-state index contributed by atoms with van der Waals surface area (Å²) in [6.45, 7) is 0. The summed E-state index contributed by atoms with van der Waals surface area (Å²) in [6, 6.07) is 29.6. The summed E-state index contributed by atoms with van der Waals surface area (Å²) in [5.74, 6) is 6.00. The first-order chi connectivity index (χ1) is 28.6. The molecule has 306 valence electrons. The molecule has 7 heteroatoms. The minimum atomic E-state index is -0.926. The molecule has 59 heavy (non-hydrogen) atoms. The molecule has 0 unspecified atom stereocenters. The zero-order chi connectivity index (χ0) is 40.7. The highest BCUT2D eigenvalue weighted by Gasteiger charge is 2.53. The van der Waals surface area contributed by atoms with Crippen LogP contribution < -0.4 is 15.0 Å². The number of rotatable bonds is 10. The number of hydroxylamine groups is 1. The van der Waals surface area contributed by atoms with Gasteiger partial charge in [0.2, 0.25) is 0 Å². The number of methoxy groups -OCH3 is 2. The first-order valence-corrected chi connectivity index (χ1v) is 21.7. The highest BCUT2D eigenvalue weighted by atomic mass is 16.5. The topological polar surface area (TPSA) is 105 Å². The molecule has 8 aliphatic carbocycles. The number of carboxylic acids is 1. The summed E-state index contributed by atoms with van der Waals surface area (Å²) in [5, 5.41) is 17.4. The van der Waals surface area contributed by atoms with Gasteiger partial charge in [-0.05, 0) is 193 Å². The molecule has 7 nitrogen and oxygen atoms in total. The maximum Gasteiger partial charge on any atom is 0.328 e. The highest BCUT2D eigenvalue weighted by Crippen LogP contribution is 2.63. The van der Waals surface area contributed by atoms with Gasteiger partial charge in [-0.2, -0.15) is 0 Å². The molecule has 0 atom stereocenters. The molecule has 8 fully saturated rings. The van der Waals surface area contributed by atoms with Crippen LogP contribution in [0.2, 0.25) is 0 Å². The fourth-order valence-electron chi connectivity index (χ4n) is 13.4. The van der Waals surface area contributed by atoms with E-state index in [0.29, 0.717) is 5.41 Å². The van der Waals surface area contributed by atoms with Gasteiger partial charge in [0.05, 0.1) is 14.2 Å². The van der Waals surface area contributed by atoms with E-state index in [1.165, 1.54) is 111 Å². The van der Waals surface area contributed by atoms with E-state index in [9.17, 15) is 9.59 Å². The van der Waals surface area contributed by atoms with Crippen LogP contribution in [0.3, 0.4) is 0 Å². The molecule has 8 saturated carbocycles. The van der Waals surface area contributed by atoms with E-state index in [1.54, 1.807) is 31.9 Å². The number of carbonyl (C=O) groups is 2. The molecule has 0 spiro atoms. The predicted molar refractivity (Wildman–Crippen MR) is 232 cm³/mol. The molecule has 0 aromatic heterocycles. The van der Waals surface area contributed by atoms with Crippen LogP contribution in [-0.2, 0) is 20.4 Å². The van der Waals surface area contributed by atoms with Gasteiger partial charge in [-0.1, -0.05) is 60.7 Å². The maximum atomic E-state index is 11.2. The molecule has 12 rings (SSSR count). The predicted octanol–water partition coefficient (Wildman–Crippen LogP) is 11.3. The lowest BCUT2D eigenvalue weighted by atomic mass is 9.48. The van der Waals surface area contributed by atoms with Gasteiger partial charge in [-0.25, -0.2) is 10.3 Å². The zero-order valence-corrected chi connectivity index (χ0v) is 34.4. The van der Waals surface area contributed by atoms with Crippen LogP contribution in [0, 0.1) is 35.5 Å². The van der Waals surface area contributed by atoms with E-state index < -0.39 is 11.9 Å². The minimum Gasteiger partial charge on any atom is -0.496 e. The highest BCUT2D eigenvalue weighted by molar-refractivity contribution is 5.91. The van der Waals surface area contributed by atoms with E-state index in [2.05, 4.69) is 60.7 Å². The van der Waals surface area contributed by atoms with Gasteiger partial charge in [0, 0.05) is 23.3 Å². The van der Waals surface area contributed by atoms with Crippen molar-refractivity contribution in [2.24, 2.45) is 35.5 Å². The lowest BCUT2D eigenvalue weighted by molar-refractivity contribution is -0.131. The van der Waals surface area contributed by atoms with Crippen molar-refractivity contribution in [3.8, 4) is 33.8 Å². The average Bonchev–Trinajstić information content (AvgIpc) is 3.24. The van der Waals surface area contributed by atoms with Gasteiger partial charge in [0.25, 0.3) is 5.91 Å². The summed E-state index contributed by atoms with van der Waals surface area (Å²) in [4.78, 5) is 21.9. The van der Waals surface area contributed by atoms with Gasteiger partial charge in [-0.15, -0.1) is 0 Å². The summed E-state index contributed by atoms with van der Waals surface area (Å²) >= 11 is 0. The normalized spacial score (nSPS) is 29.7. The Balaban J connectivity index is 0.000000152. The number of benzene rings is 4. The number of nitrogens with one attached hydrogen (secondary N) is 1. The lowest BCUT2D eigenvalue weighted by Crippen LogP contribution is -2.48. The van der Waals surface area contributed by atoms with E-state index in [1.807, 2.05) is 24.3 Å². The third kappa shape index (κ3) is 7.98. The Morgan fingerprint density at radius 2 is 0.881 bits per heavy atom. The first kappa shape index (κ1) is 39.3. The number of amides is 1. The molecule has 8 aliphatic rings. The molecule has 8 bridgehead atoms. The largest absolute Gasteiger partial charge is 0.496 e. The molecule has 4 aromatic rings. The summed E-state index contributed by atoms with van der Waals surface area (Å²) < 4.78 is 11.7. The second kappa shape index (κ2) is 16.1. The van der Waals surface area contributed by atoms with E-state index in [0.717, 1.165) is 69.3 Å². The van der Waals surface area contributed by atoms with Gasteiger partial charge < -0.3 is 14.6 Å². The Labute approximate surface area is 348 Å². The van der Waals surface area contributed by atoms with Crippen LogP contribution in [0.1, 0.15) is 99.3 Å². The van der Waals surface area contributed by atoms with Crippen molar-refractivity contribution in [2.75, 3.05) is 14.2 Å². The quantitative estimate of drug-likeness (QED) is 0.0839. The Bertz CT molecular complexity index is 2180. The molecule has 3 N–H and O–H groups in total. The molecule has 0 saturated heterocycles. The Hall–Kier alpha value is -5.14. The van der Waals surface area contributed by atoms with Crippen LogP contribution in [-0.4, -0.2) is 36.4 Å². The van der Waals surface area contributed by atoms with Crippen molar-refractivity contribution in [3.05, 3.63) is 119 Å². The lowest BCUT2D eigenvalue weighted by Gasteiger charge is -2.57. The molecular formula is C52H57NO6. The van der Waals surface area contributed by atoms with Crippen LogP contribution in [0.5, 0.6) is 11.5 Å². The van der Waals surface area contributed by atoms with E-state index in [-0.39, 0.29) is 5.41 Å². The second-order valence-electron chi connectivity index (χ2n) is 19.0. The minimum absolute atomic E-state index is 0.288. The van der Waals surface area contributed by atoms with Crippen molar-refractivity contribution in [1.29, 1.82) is 0 Å². The number of carbonyl (C=O) groups excluding carboxylic acids is 1. The summed E-state index contributed by atoms with van der Waals surface area (Å²) in [5.41, 5.74) is 11.6. The molecule has 0 aliphatic heterocycles. The van der Waals surface area contributed by atoms with E-state index >= 15 is 0 Å². The van der Waals surface area contributed by atoms with Crippen molar-refractivity contribution in [2.45, 2.75) is 87.9 Å². The first-order valence-electron chi connectivity index (χ1n) is 21.7. The molecule has 0 heterocycles. The fraction of sp³-hybridized carbons (Fsp3) is 0.423. The summed E-state index contributed by atoms with van der Waals surface area (Å²) in [6.07, 6.45) is 22.3. The van der Waals surface area contributed by atoms with Gasteiger partial charge in [0.1, 0.15) is 11.5 Å². The SMILES string of the molecule is COc1ccc(-c2ccc(/C=C/C(=O)NO)cc2)cc1C12CC3CC(CC(C3)C1)C2.COc1ccc(-c2ccc(/C=C/C(=O)O)cc2)cc1C12CC3CC(CC(C3)C1)C2. The van der Waals surface area contributed by atoms with Crippen LogP contribution in [0.4, 0.5) is 0 Å². The Morgan fingerprint density at radius 1 is 0.542 bits per heavy atom. The van der Waals surface area contributed by atoms with E-state index in [4.69, 9.17) is 19.8 Å². The number of ether oxygens (including phenoxy) is 2. The van der Waals surface area contributed by atoms with Crippen LogP contribution in [0.25, 0.3) is 34.4 Å². The standard InChI is InChI=1S/C26H29NO3.C26H28O3/c1-30-24-8-7-22(21-5-2-17(3-6-21)4-9-25(28)27-29)13-23(24)26-14-18-10-19(15-26)12-20(11-18)16-26;1-29-24-8-7-22(21-5-2-17(3-6-21)4-9-25(27)28)13-23(24)26-14-18-10-19(15-26)12-20(11-18)16-26/h2-9,13,18-20,29H,10-12,14-16H2,1H3,(H,27,28);2-9,13,18-20H,10-12,14-16H2,1H3,(H,27,28)/b2*9-4+. The second-order valence-corrected chi connectivity index (χ2v) is 19.0. The van der Waals surface area contributed by atoms with Gasteiger partial charge >= 0.3 is 5.97 Å². The van der Waals surface area contributed by atoms with Crippen molar-refractivity contribution in [3.63, 3.8) is 0 Å². The summed E-state index contributed by atoms with van der Waals surface area (Å²) in [7, 11) is 3.59. The number of aliphatic carboxylic acids is 1.